The highest BCUT2D eigenvalue weighted by Gasteiger charge is 2.31. The van der Waals surface area contributed by atoms with Gasteiger partial charge in [-0.3, -0.25) is 9.59 Å². The van der Waals surface area contributed by atoms with Crippen LogP contribution in [0.3, 0.4) is 0 Å². The van der Waals surface area contributed by atoms with E-state index in [9.17, 15) is 14.0 Å². The number of hydrogen-bond donors (Lipinski definition) is 2. The lowest BCUT2D eigenvalue weighted by Gasteiger charge is -2.25. The maximum Gasteiger partial charge on any atom is 0.232 e. The van der Waals surface area contributed by atoms with E-state index in [0.717, 1.165) is 0 Å². The molecule has 2 N–H and O–H groups in total. The third kappa shape index (κ3) is 3.22. The summed E-state index contributed by atoms with van der Waals surface area (Å²) in [6.07, 6.45) is 0.0151. The molecule has 0 saturated heterocycles. The number of nitrogens with one attached hydrogen (secondary N) is 2. The molecule has 1 aliphatic heterocycles. The molecule has 1 atom stereocenters. The van der Waals surface area contributed by atoms with Gasteiger partial charge in [0.1, 0.15) is 11.6 Å². The highest BCUT2D eigenvalue weighted by molar-refractivity contribution is 6.05. The van der Waals surface area contributed by atoms with Crippen LogP contribution in [-0.2, 0) is 9.59 Å². The Labute approximate surface area is 138 Å². The maximum absolute atomic E-state index is 13.4. The SMILES string of the molecule is CCOc1ccccc1NC(=O)C1CC(=O)Nc2cc(F)ccc21. The highest BCUT2D eigenvalue weighted by Crippen LogP contribution is 2.34. The number of fused-ring (bicyclic) bond motifs is 1. The van der Waals surface area contributed by atoms with Gasteiger partial charge in [0.05, 0.1) is 18.2 Å². The van der Waals surface area contributed by atoms with E-state index >= 15 is 0 Å². The van der Waals surface area contributed by atoms with Crippen molar-refractivity contribution in [1.29, 1.82) is 0 Å². The van der Waals surface area contributed by atoms with Crippen molar-refractivity contribution < 1.29 is 18.7 Å². The molecule has 1 unspecified atom stereocenters. The minimum atomic E-state index is -0.677. The van der Waals surface area contributed by atoms with Crippen molar-refractivity contribution in [1.82, 2.24) is 0 Å². The zero-order valence-electron chi connectivity index (χ0n) is 13.1. The molecule has 0 saturated carbocycles. The van der Waals surface area contributed by atoms with Crippen LogP contribution in [0.25, 0.3) is 0 Å². The normalized spacial score (nSPS) is 16.1. The molecule has 1 heterocycles. The minimum absolute atomic E-state index is 0.0151. The van der Waals surface area contributed by atoms with Crippen LogP contribution in [0.15, 0.2) is 42.5 Å². The third-order valence-electron chi connectivity index (χ3n) is 3.82. The van der Waals surface area contributed by atoms with Crippen molar-refractivity contribution in [2.24, 2.45) is 0 Å². The van der Waals surface area contributed by atoms with Gasteiger partial charge in [0.25, 0.3) is 0 Å². The van der Waals surface area contributed by atoms with Crippen LogP contribution in [0.1, 0.15) is 24.8 Å². The fourth-order valence-electron chi connectivity index (χ4n) is 2.74. The smallest absolute Gasteiger partial charge is 0.232 e. The first kappa shape index (κ1) is 16.0. The molecular weight excluding hydrogens is 311 g/mol. The summed E-state index contributed by atoms with van der Waals surface area (Å²) in [7, 11) is 0. The summed E-state index contributed by atoms with van der Waals surface area (Å²) in [5.41, 5.74) is 1.48. The number of rotatable bonds is 4. The van der Waals surface area contributed by atoms with Crippen LogP contribution in [0, 0.1) is 5.82 Å². The Bertz CT molecular complexity index is 792. The van der Waals surface area contributed by atoms with Crippen LogP contribution < -0.4 is 15.4 Å². The molecule has 2 amide bonds. The highest BCUT2D eigenvalue weighted by atomic mass is 19.1. The summed E-state index contributed by atoms with van der Waals surface area (Å²) in [6.45, 7) is 2.33. The number of halogens is 1. The lowest BCUT2D eigenvalue weighted by atomic mass is 9.89. The van der Waals surface area contributed by atoms with Gasteiger partial charge in [-0.1, -0.05) is 18.2 Å². The van der Waals surface area contributed by atoms with Crippen molar-refractivity contribution in [2.45, 2.75) is 19.3 Å². The second kappa shape index (κ2) is 6.70. The number of anilines is 2. The Morgan fingerprint density at radius 3 is 2.92 bits per heavy atom. The van der Waals surface area contributed by atoms with Gasteiger partial charge in [0.15, 0.2) is 0 Å². The minimum Gasteiger partial charge on any atom is -0.492 e. The Morgan fingerprint density at radius 1 is 1.33 bits per heavy atom. The fourth-order valence-corrected chi connectivity index (χ4v) is 2.74. The van der Waals surface area contributed by atoms with Crippen molar-refractivity contribution in [3.63, 3.8) is 0 Å². The van der Waals surface area contributed by atoms with Crippen LogP contribution in [0.4, 0.5) is 15.8 Å². The quantitative estimate of drug-likeness (QED) is 0.905. The maximum atomic E-state index is 13.4. The first-order valence-corrected chi connectivity index (χ1v) is 7.70. The molecule has 0 radical (unpaired) electrons. The summed E-state index contributed by atoms with van der Waals surface area (Å²) < 4.78 is 18.9. The van der Waals surface area contributed by atoms with Gasteiger partial charge < -0.3 is 15.4 Å². The fraction of sp³-hybridized carbons (Fsp3) is 0.222. The second-order valence-electron chi connectivity index (χ2n) is 5.45. The van der Waals surface area contributed by atoms with E-state index in [4.69, 9.17) is 4.74 Å². The molecular formula is C18H17FN2O3. The average Bonchev–Trinajstić information content (AvgIpc) is 2.55. The van der Waals surface area contributed by atoms with Crippen molar-refractivity contribution in [2.75, 3.05) is 17.2 Å². The molecule has 2 aromatic carbocycles. The Morgan fingerprint density at radius 2 is 2.12 bits per heavy atom. The Hall–Kier alpha value is -2.89. The molecule has 0 bridgehead atoms. The van der Waals surface area contributed by atoms with Gasteiger partial charge in [0, 0.05) is 12.1 Å². The predicted octanol–water partition coefficient (Wildman–Crippen LogP) is 3.29. The van der Waals surface area contributed by atoms with E-state index in [1.165, 1.54) is 18.2 Å². The van der Waals surface area contributed by atoms with Gasteiger partial charge in [-0.05, 0) is 36.8 Å². The van der Waals surface area contributed by atoms with Crippen molar-refractivity contribution in [3.8, 4) is 5.75 Å². The van der Waals surface area contributed by atoms with Gasteiger partial charge in [-0.2, -0.15) is 0 Å². The summed E-state index contributed by atoms with van der Waals surface area (Å²) in [6, 6.07) is 11.1. The van der Waals surface area contributed by atoms with Crippen molar-refractivity contribution in [3.05, 3.63) is 53.8 Å². The third-order valence-corrected chi connectivity index (χ3v) is 3.82. The molecule has 6 heteroatoms. The topological polar surface area (TPSA) is 67.4 Å². The van der Waals surface area contributed by atoms with Crippen LogP contribution in [-0.4, -0.2) is 18.4 Å². The number of hydrogen-bond acceptors (Lipinski definition) is 3. The van der Waals surface area contributed by atoms with E-state index in [1.807, 2.05) is 13.0 Å². The monoisotopic (exact) mass is 328 g/mol. The average molecular weight is 328 g/mol. The number of carbonyl (C=O) groups is 2. The Balaban J connectivity index is 1.87. The lowest BCUT2D eigenvalue weighted by Crippen LogP contribution is -2.31. The molecule has 1 aliphatic rings. The standard InChI is InChI=1S/C18H17FN2O3/c1-2-24-16-6-4-3-5-14(16)21-18(23)13-10-17(22)20-15-9-11(19)7-8-12(13)15/h3-9,13H,2,10H2,1H3,(H,20,22)(H,21,23). The second-order valence-corrected chi connectivity index (χ2v) is 5.45. The number of para-hydroxylation sites is 2. The molecule has 0 spiro atoms. The molecule has 2 aromatic rings. The predicted molar refractivity (Wildman–Crippen MR) is 88.6 cm³/mol. The van der Waals surface area contributed by atoms with E-state index in [1.54, 1.807) is 18.2 Å². The number of ether oxygens (including phenoxy) is 1. The molecule has 0 aromatic heterocycles. The molecule has 124 valence electrons. The van der Waals surface area contributed by atoms with Gasteiger partial charge in [-0.25, -0.2) is 4.39 Å². The largest absolute Gasteiger partial charge is 0.492 e. The first-order chi connectivity index (χ1) is 11.6. The lowest BCUT2D eigenvalue weighted by molar-refractivity contribution is -0.123. The van der Waals surface area contributed by atoms with Gasteiger partial charge in [0.2, 0.25) is 11.8 Å². The van der Waals surface area contributed by atoms with Crippen molar-refractivity contribution >= 4 is 23.2 Å². The molecule has 3 rings (SSSR count). The van der Waals surface area contributed by atoms with Gasteiger partial charge >= 0.3 is 0 Å². The summed E-state index contributed by atoms with van der Waals surface area (Å²) in [4.78, 5) is 24.5. The van der Waals surface area contributed by atoms with Crippen LogP contribution in [0.5, 0.6) is 5.75 Å². The zero-order chi connectivity index (χ0) is 17.1. The summed E-state index contributed by atoms with van der Waals surface area (Å²) >= 11 is 0. The van der Waals surface area contributed by atoms with E-state index in [0.29, 0.717) is 29.3 Å². The molecule has 5 nitrogen and oxygen atoms in total. The Kier molecular flexibility index (Phi) is 4.46. The number of amides is 2. The first-order valence-electron chi connectivity index (χ1n) is 7.70. The molecule has 0 fully saturated rings. The molecule has 24 heavy (non-hydrogen) atoms. The van der Waals surface area contributed by atoms with E-state index in [2.05, 4.69) is 10.6 Å². The molecule has 0 aliphatic carbocycles. The zero-order valence-corrected chi connectivity index (χ0v) is 13.1. The van der Waals surface area contributed by atoms with Gasteiger partial charge in [-0.15, -0.1) is 0 Å². The number of benzene rings is 2. The van der Waals surface area contributed by atoms with E-state index in [-0.39, 0.29) is 18.2 Å². The summed E-state index contributed by atoms with van der Waals surface area (Å²) in [5, 5.41) is 5.40. The van der Waals surface area contributed by atoms with E-state index < -0.39 is 11.7 Å². The number of carbonyl (C=O) groups excluding carboxylic acids is 2. The van der Waals surface area contributed by atoms with Crippen LogP contribution >= 0.6 is 0 Å². The van der Waals surface area contributed by atoms with Crippen LogP contribution in [0.2, 0.25) is 0 Å². The summed E-state index contributed by atoms with van der Waals surface area (Å²) in [5.74, 6) is -1.22.